The van der Waals surface area contributed by atoms with Crippen LogP contribution in [0.4, 0.5) is 0 Å². The van der Waals surface area contributed by atoms with Gasteiger partial charge in [0.2, 0.25) is 10.0 Å². The van der Waals surface area contributed by atoms with E-state index < -0.39 is 27.9 Å². The van der Waals surface area contributed by atoms with Crippen LogP contribution in [0.2, 0.25) is 5.02 Å². The molecule has 1 aromatic heterocycles. The summed E-state index contributed by atoms with van der Waals surface area (Å²) < 4.78 is 35.6. The van der Waals surface area contributed by atoms with Crippen LogP contribution in [0.5, 0.6) is 0 Å². The first-order chi connectivity index (χ1) is 15.7. The first-order valence-electron chi connectivity index (χ1n) is 9.92. The van der Waals surface area contributed by atoms with Crippen molar-refractivity contribution in [2.45, 2.75) is 30.3 Å². The number of carbonyl (C=O) groups excluding carboxylic acids is 2. The number of thiazole rings is 1. The van der Waals surface area contributed by atoms with Gasteiger partial charge in [-0.2, -0.15) is 9.30 Å². The summed E-state index contributed by atoms with van der Waals surface area (Å²) in [4.78, 5) is 29.8. The molecule has 1 unspecified atom stereocenters. The number of carbonyl (C=O) groups is 2. The quantitative estimate of drug-likeness (QED) is 0.436. The Hall–Kier alpha value is -2.05. The van der Waals surface area contributed by atoms with Crippen LogP contribution in [-0.4, -0.2) is 48.9 Å². The molecule has 8 nitrogen and oxygen atoms in total. The first kappa shape index (κ1) is 24.1. The van der Waals surface area contributed by atoms with Crippen LogP contribution in [-0.2, 0) is 30.9 Å². The monoisotopic (exact) mass is 571 g/mol. The van der Waals surface area contributed by atoms with Crippen molar-refractivity contribution in [3.63, 3.8) is 0 Å². The van der Waals surface area contributed by atoms with Gasteiger partial charge in [-0.15, -0.1) is 0 Å². The van der Waals surface area contributed by atoms with Crippen molar-refractivity contribution in [3.8, 4) is 0 Å². The van der Waals surface area contributed by atoms with Crippen molar-refractivity contribution in [2.75, 3.05) is 13.7 Å². The average Bonchev–Trinajstić information content (AvgIpc) is 3.40. The molecule has 0 radical (unpaired) electrons. The number of benzene rings is 2. The van der Waals surface area contributed by atoms with Crippen molar-refractivity contribution in [1.29, 1.82) is 0 Å². The molecule has 0 spiro atoms. The maximum Gasteiger partial charge on any atom is 0.325 e. The van der Waals surface area contributed by atoms with Crippen molar-refractivity contribution in [1.82, 2.24) is 8.87 Å². The zero-order chi connectivity index (χ0) is 23.8. The third kappa shape index (κ3) is 4.92. The molecule has 2 aromatic carbocycles. The van der Waals surface area contributed by atoms with Gasteiger partial charge in [0.15, 0.2) is 4.80 Å². The highest BCUT2D eigenvalue weighted by Gasteiger charge is 2.39. The Morgan fingerprint density at radius 1 is 1.24 bits per heavy atom. The van der Waals surface area contributed by atoms with E-state index in [0.717, 1.165) is 14.7 Å². The molecule has 1 saturated heterocycles. The topological polar surface area (TPSA) is 98.0 Å². The molecule has 1 atom stereocenters. The summed E-state index contributed by atoms with van der Waals surface area (Å²) in [7, 11) is -2.61. The number of methoxy groups -OCH3 is 1. The van der Waals surface area contributed by atoms with Gasteiger partial charge in [-0.3, -0.25) is 9.59 Å². The van der Waals surface area contributed by atoms with Crippen molar-refractivity contribution < 1.29 is 22.7 Å². The normalized spacial score (nSPS) is 17.5. The van der Waals surface area contributed by atoms with E-state index in [1.807, 2.05) is 18.2 Å². The second-order valence-electron chi connectivity index (χ2n) is 7.34. The van der Waals surface area contributed by atoms with E-state index in [1.165, 1.54) is 47.0 Å². The van der Waals surface area contributed by atoms with Crippen LogP contribution >= 0.6 is 38.9 Å². The zero-order valence-corrected chi connectivity index (χ0v) is 21.4. The van der Waals surface area contributed by atoms with Crippen LogP contribution in [0, 0.1) is 0 Å². The molecule has 0 saturated carbocycles. The fraction of sp³-hybridized carbons (Fsp3) is 0.286. The third-order valence-corrected chi connectivity index (χ3v) is 8.98. The maximum absolute atomic E-state index is 13.2. The summed E-state index contributed by atoms with van der Waals surface area (Å²) in [6.07, 6.45) is 0.906. The molecule has 3 aromatic rings. The van der Waals surface area contributed by atoms with Crippen LogP contribution in [0.1, 0.15) is 12.8 Å². The summed E-state index contributed by atoms with van der Waals surface area (Å²) in [5.41, 5.74) is 0.720. The fourth-order valence-electron chi connectivity index (χ4n) is 3.66. The minimum atomic E-state index is -3.90. The van der Waals surface area contributed by atoms with Crippen molar-refractivity contribution in [2.24, 2.45) is 4.99 Å². The van der Waals surface area contributed by atoms with Crippen LogP contribution in [0.3, 0.4) is 0 Å². The molecule has 12 heteroatoms. The standard InChI is InChI=1S/C21H19BrClN3O5S2/c1-31-19(27)12-25-16-9-4-13(22)11-18(16)32-21(25)24-20(28)17-3-2-10-26(17)33(29,30)15-7-5-14(23)6-8-15/h4-9,11,17H,2-3,10,12H2,1H3. The largest absolute Gasteiger partial charge is 0.468 e. The van der Waals surface area contributed by atoms with E-state index in [9.17, 15) is 18.0 Å². The Labute approximate surface area is 207 Å². The molecule has 0 aliphatic carbocycles. The SMILES string of the molecule is COC(=O)Cn1c(=NC(=O)C2CCCN2S(=O)(=O)c2ccc(Cl)cc2)sc2cc(Br)ccc21. The molecule has 0 bridgehead atoms. The number of halogens is 2. The Kier molecular flexibility index (Phi) is 7.06. The summed E-state index contributed by atoms with van der Waals surface area (Å²) >= 11 is 10.5. The highest BCUT2D eigenvalue weighted by molar-refractivity contribution is 9.10. The number of fused-ring (bicyclic) bond motifs is 1. The number of rotatable bonds is 5. The Morgan fingerprint density at radius 2 is 1.97 bits per heavy atom. The Bertz CT molecular complexity index is 1400. The lowest BCUT2D eigenvalue weighted by atomic mass is 10.2. The van der Waals surface area contributed by atoms with Gasteiger partial charge in [0.05, 0.1) is 22.2 Å². The summed E-state index contributed by atoms with van der Waals surface area (Å²) in [5.74, 6) is -1.06. The zero-order valence-electron chi connectivity index (χ0n) is 17.4. The predicted molar refractivity (Wildman–Crippen MR) is 128 cm³/mol. The van der Waals surface area contributed by atoms with Crippen LogP contribution in [0.25, 0.3) is 10.2 Å². The second-order valence-corrected chi connectivity index (χ2v) is 11.6. The van der Waals surface area contributed by atoms with E-state index in [4.69, 9.17) is 16.3 Å². The van der Waals surface area contributed by atoms with Gasteiger partial charge < -0.3 is 9.30 Å². The number of aromatic nitrogens is 1. The van der Waals surface area contributed by atoms with Crippen molar-refractivity contribution >= 4 is 71.0 Å². The Morgan fingerprint density at radius 3 is 2.67 bits per heavy atom. The highest BCUT2D eigenvalue weighted by Crippen LogP contribution is 2.28. The second kappa shape index (κ2) is 9.67. The lowest BCUT2D eigenvalue weighted by molar-refractivity contribution is -0.141. The number of hydrogen-bond donors (Lipinski definition) is 0. The van der Waals surface area contributed by atoms with Gasteiger partial charge in [-0.05, 0) is 55.3 Å². The molecule has 1 aliphatic heterocycles. The van der Waals surface area contributed by atoms with Crippen LogP contribution < -0.4 is 4.80 Å². The van der Waals surface area contributed by atoms with Gasteiger partial charge in [-0.25, -0.2) is 8.42 Å². The van der Waals surface area contributed by atoms with E-state index in [-0.39, 0.29) is 18.0 Å². The van der Waals surface area contributed by atoms with Gasteiger partial charge in [0, 0.05) is 16.0 Å². The number of esters is 1. The van der Waals surface area contributed by atoms with E-state index in [1.54, 1.807) is 4.57 Å². The average molecular weight is 573 g/mol. The third-order valence-electron chi connectivity index (χ3n) is 5.27. The van der Waals surface area contributed by atoms with E-state index >= 15 is 0 Å². The summed E-state index contributed by atoms with van der Waals surface area (Å²) in [6.45, 7) is 0.0973. The summed E-state index contributed by atoms with van der Waals surface area (Å²) in [6, 6.07) is 10.4. The van der Waals surface area contributed by atoms with Crippen LogP contribution in [0.15, 0.2) is 56.8 Å². The van der Waals surface area contributed by atoms with E-state index in [2.05, 4.69) is 20.9 Å². The molecule has 0 N–H and O–H groups in total. The first-order valence-corrected chi connectivity index (χ1v) is 13.3. The predicted octanol–water partition coefficient (Wildman–Crippen LogP) is 3.57. The van der Waals surface area contributed by atoms with Gasteiger partial charge >= 0.3 is 5.97 Å². The lowest BCUT2D eigenvalue weighted by Gasteiger charge is -2.21. The van der Waals surface area contributed by atoms with Gasteiger partial charge in [0.25, 0.3) is 5.91 Å². The number of sulfonamides is 1. The minimum Gasteiger partial charge on any atom is -0.468 e. The number of ether oxygens (including phenoxy) is 1. The fourth-order valence-corrected chi connectivity index (χ4v) is 7.03. The Balaban J connectivity index is 1.73. The molecule has 1 amide bonds. The molecular formula is C21H19BrClN3O5S2. The number of hydrogen-bond acceptors (Lipinski definition) is 6. The molecule has 174 valence electrons. The molecular weight excluding hydrogens is 554 g/mol. The lowest BCUT2D eigenvalue weighted by Crippen LogP contribution is -2.40. The molecule has 4 rings (SSSR count). The van der Waals surface area contributed by atoms with E-state index in [0.29, 0.717) is 22.7 Å². The van der Waals surface area contributed by atoms with Gasteiger partial charge in [0.1, 0.15) is 12.6 Å². The maximum atomic E-state index is 13.2. The molecule has 33 heavy (non-hydrogen) atoms. The highest BCUT2D eigenvalue weighted by atomic mass is 79.9. The smallest absolute Gasteiger partial charge is 0.325 e. The molecule has 2 heterocycles. The molecule has 1 fully saturated rings. The van der Waals surface area contributed by atoms with Crippen molar-refractivity contribution in [3.05, 3.63) is 56.8 Å². The summed E-state index contributed by atoms with van der Waals surface area (Å²) in [5, 5.41) is 0.421. The molecule has 1 aliphatic rings. The number of nitrogens with zero attached hydrogens (tertiary/aromatic N) is 3. The minimum absolute atomic E-state index is 0.0686. The number of amides is 1. The van der Waals surface area contributed by atoms with Gasteiger partial charge in [-0.1, -0.05) is 38.9 Å².